The third-order valence-corrected chi connectivity index (χ3v) is 3.62. The minimum atomic E-state index is -1.14. The van der Waals surface area contributed by atoms with E-state index in [-0.39, 0.29) is 11.0 Å². The number of nitrogens with zero attached hydrogens (tertiary/aromatic N) is 3. The summed E-state index contributed by atoms with van der Waals surface area (Å²) < 4.78 is 1.01. The van der Waals surface area contributed by atoms with E-state index in [1.807, 2.05) is 25.1 Å². The molecule has 0 spiro atoms. The number of rotatable bonds is 7. The zero-order valence-corrected chi connectivity index (χ0v) is 13.4. The van der Waals surface area contributed by atoms with Crippen LogP contribution in [0.5, 0.6) is 0 Å². The molecule has 122 valence electrons. The van der Waals surface area contributed by atoms with Gasteiger partial charge in [0.05, 0.1) is 5.69 Å². The van der Waals surface area contributed by atoms with Crippen LogP contribution >= 0.6 is 11.6 Å². The molecule has 0 fully saturated rings. The lowest BCUT2D eigenvalue weighted by Gasteiger charge is -2.13. The van der Waals surface area contributed by atoms with Crippen molar-refractivity contribution in [3.05, 3.63) is 51.3 Å². The molecule has 0 aliphatic rings. The lowest BCUT2D eigenvalue weighted by molar-refractivity contribution is -0.137. The fraction of sp³-hybridized carbons (Fsp3) is 0.333. The minimum Gasteiger partial charge on any atom is -0.480 e. The third-order valence-electron chi connectivity index (χ3n) is 3.20. The fourth-order valence-corrected chi connectivity index (χ4v) is 2.39. The van der Waals surface area contributed by atoms with Gasteiger partial charge in [0.2, 0.25) is 0 Å². The van der Waals surface area contributed by atoms with Crippen molar-refractivity contribution in [1.29, 1.82) is 0 Å². The Balaban J connectivity index is 2.20. The topological polar surface area (TPSA) is 97.1 Å². The van der Waals surface area contributed by atoms with E-state index in [0.29, 0.717) is 25.1 Å². The van der Waals surface area contributed by atoms with Crippen LogP contribution in [0, 0.1) is 0 Å². The zero-order valence-electron chi connectivity index (χ0n) is 12.6. The molecule has 0 radical (unpaired) electrons. The smallest absolute Gasteiger partial charge is 0.323 e. The van der Waals surface area contributed by atoms with Crippen LogP contribution < -0.4 is 10.9 Å². The SMILES string of the molecule is CCc1nc(NCCc2ccccn2)c(=O)n(CC(=O)O)c1Cl. The summed E-state index contributed by atoms with van der Waals surface area (Å²) in [6.45, 7) is 1.79. The van der Waals surface area contributed by atoms with Gasteiger partial charge in [-0.1, -0.05) is 24.6 Å². The van der Waals surface area contributed by atoms with Crippen LogP contribution in [0.4, 0.5) is 5.82 Å². The van der Waals surface area contributed by atoms with E-state index in [9.17, 15) is 9.59 Å². The number of aromatic nitrogens is 3. The average Bonchev–Trinajstić information content (AvgIpc) is 2.54. The van der Waals surface area contributed by atoms with Crippen molar-refractivity contribution in [2.45, 2.75) is 26.3 Å². The van der Waals surface area contributed by atoms with Crippen LogP contribution in [0.2, 0.25) is 5.15 Å². The van der Waals surface area contributed by atoms with Gasteiger partial charge in [-0.3, -0.25) is 19.1 Å². The summed E-state index contributed by atoms with van der Waals surface area (Å²) in [6.07, 6.45) is 2.81. The lowest BCUT2D eigenvalue weighted by Crippen LogP contribution is -2.30. The zero-order chi connectivity index (χ0) is 16.8. The number of pyridine rings is 1. The molecule has 7 nitrogen and oxygen atoms in total. The summed E-state index contributed by atoms with van der Waals surface area (Å²) in [4.78, 5) is 31.6. The second-order valence-corrected chi connectivity index (χ2v) is 5.19. The van der Waals surface area contributed by atoms with E-state index in [2.05, 4.69) is 15.3 Å². The van der Waals surface area contributed by atoms with E-state index in [4.69, 9.17) is 16.7 Å². The largest absolute Gasteiger partial charge is 0.480 e. The van der Waals surface area contributed by atoms with Crippen LogP contribution in [-0.2, 0) is 24.2 Å². The standard InChI is InChI=1S/C15H17ClN4O3/c1-2-11-13(16)20(9-12(21)22)15(23)14(19-11)18-8-6-10-5-3-4-7-17-10/h3-5,7H,2,6,8-9H2,1H3,(H,18,19)(H,21,22). The maximum Gasteiger partial charge on any atom is 0.323 e. The summed E-state index contributed by atoms with van der Waals surface area (Å²) in [5.41, 5.74) is 0.819. The first-order valence-corrected chi connectivity index (χ1v) is 7.55. The molecule has 0 saturated heterocycles. The van der Waals surface area contributed by atoms with Crippen LogP contribution in [-0.4, -0.2) is 32.2 Å². The normalized spacial score (nSPS) is 10.5. The molecule has 2 aromatic rings. The van der Waals surface area contributed by atoms with E-state index in [0.717, 1.165) is 10.3 Å². The molecular formula is C15H17ClN4O3. The number of aliphatic carboxylic acids is 1. The molecule has 2 rings (SSSR count). The molecule has 0 unspecified atom stereocenters. The molecule has 0 amide bonds. The minimum absolute atomic E-state index is 0.0650. The van der Waals surface area contributed by atoms with Gasteiger partial charge in [-0.25, -0.2) is 4.98 Å². The van der Waals surface area contributed by atoms with Gasteiger partial charge < -0.3 is 10.4 Å². The molecule has 0 saturated carbocycles. The molecule has 2 aromatic heterocycles. The first-order chi connectivity index (χ1) is 11.0. The van der Waals surface area contributed by atoms with Crippen LogP contribution in [0.25, 0.3) is 0 Å². The lowest BCUT2D eigenvalue weighted by atomic mass is 10.3. The molecule has 0 bridgehead atoms. The predicted molar refractivity (Wildman–Crippen MR) is 87.0 cm³/mol. The Labute approximate surface area is 138 Å². The first-order valence-electron chi connectivity index (χ1n) is 7.17. The van der Waals surface area contributed by atoms with Gasteiger partial charge in [-0.15, -0.1) is 0 Å². The van der Waals surface area contributed by atoms with Crippen molar-refractivity contribution in [2.75, 3.05) is 11.9 Å². The van der Waals surface area contributed by atoms with Gasteiger partial charge in [-0.05, 0) is 18.6 Å². The quantitative estimate of drug-likeness (QED) is 0.797. The van der Waals surface area contributed by atoms with E-state index < -0.39 is 18.1 Å². The van der Waals surface area contributed by atoms with Gasteiger partial charge >= 0.3 is 5.97 Å². The fourth-order valence-electron chi connectivity index (χ4n) is 2.07. The molecule has 0 aromatic carbocycles. The number of halogens is 1. The Morgan fingerprint density at radius 3 is 2.83 bits per heavy atom. The molecule has 2 N–H and O–H groups in total. The van der Waals surface area contributed by atoms with Crippen molar-refractivity contribution in [3.63, 3.8) is 0 Å². The average molecular weight is 337 g/mol. The molecule has 0 aliphatic carbocycles. The number of hydrogen-bond acceptors (Lipinski definition) is 5. The number of carboxylic acid groups (broad SMARTS) is 1. The monoisotopic (exact) mass is 336 g/mol. The molecule has 0 atom stereocenters. The van der Waals surface area contributed by atoms with Gasteiger partial charge in [-0.2, -0.15) is 0 Å². The second-order valence-electron chi connectivity index (χ2n) is 4.83. The molecule has 0 aliphatic heterocycles. The molecule has 8 heteroatoms. The highest BCUT2D eigenvalue weighted by Crippen LogP contribution is 2.14. The van der Waals surface area contributed by atoms with Crippen LogP contribution in [0.1, 0.15) is 18.3 Å². The summed E-state index contributed by atoms with van der Waals surface area (Å²) in [5, 5.41) is 11.9. The second kappa shape index (κ2) is 7.73. The van der Waals surface area contributed by atoms with Gasteiger partial charge in [0.1, 0.15) is 11.7 Å². The highest BCUT2D eigenvalue weighted by atomic mass is 35.5. The maximum atomic E-state index is 12.3. The van der Waals surface area contributed by atoms with Gasteiger partial charge in [0.25, 0.3) is 5.56 Å². The molecule has 23 heavy (non-hydrogen) atoms. The number of aryl methyl sites for hydroxylation is 1. The Morgan fingerprint density at radius 2 is 2.22 bits per heavy atom. The third kappa shape index (κ3) is 4.29. The number of carboxylic acids is 1. The number of carbonyl (C=O) groups is 1. The number of anilines is 1. The Kier molecular flexibility index (Phi) is 5.70. The van der Waals surface area contributed by atoms with E-state index in [1.54, 1.807) is 6.20 Å². The Hall–Kier alpha value is -2.41. The predicted octanol–water partition coefficient (Wildman–Crippen LogP) is 1.59. The Morgan fingerprint density at radius 1 is 1.43 bits per heavy atom. The summed E-state index contributed by atoms with van der Waals surface area (Å²) in [7, 11) is 0. The highest BCUT2D eigenvalue weighted by molar-refractivity contribution is 6.30. The number of nitrogens with one attached hydrogen (secondary N) is 1. The summed E-state index contributed by atoms with van der Waals surface area (Å²) >= 11 is 6.06. The van der Waals surface area contributed by atoms with E-state index in [1.165, 1.54) is 0 Å². The van der Waals surface area contributed by atoms with Crippen LogP contribution in [0.3, 0.4) is 0 Å². The summed E-state index contributed by atoms with van der Waals surface area (Å²) in [5.74, 6) is -1.04. The Bertz CT molecular complexity index is 746. The first kappa shape index (κ1) is 17.0. The summed E-state index contributed by atoms with van der Waals surface area (Å²) in [6, 6.07) is 5.60. The van der Waals surface area contributed by atoms with Crippen molar-refractivity contribution >= 4 is 23.4 Å². The highest BCUT2D eigenvalue weighted by Gasteiger charge is 2.16. The van der Waals surface area contributed by atoms with Crippen molar-refractivity contribution in [3.8, 4) is 0 Å². The van der Waals surface area contributed by atoms with Crippen molar-refractivity contribution < 1.29 is 9.90 Å². The number of hydrogen-bond donors (Lipinski definition) is 2. The van der Waals surface area contributed by atoms with Crippen molar-refractivity contribution in [2.24, 2.45) is 0 Å². The van der Waals surface area contributed by atoms with Crippen molar-refractivity contribution in [1.82, 2.24) is 14.5 Å². The van der Waals surface area contributed by atoms with Crippen LogP contribution in [0.15, 0.2) is 29.2 Å². The van der Waals surface area contributed by atoms with Gasteiger partial charge in [0.15, 0.2) is 5.82 Å². The van der Waals surface area contributed by atoms with Gasteiger partial charge in [0, 0.05) is 24.9 Å². The molecular weight excluding hydrogens is 320 g/mol. The maximum absolute atomic E-state index is 12.3. The van der Waals surface area contributed by atoms with E-state index >= 15 is 0 Å². The molecule has 2 heterocycles.